The van der Waals surface area contributed by atoms with Crippen molar-refractivity contribution in [2.45, 2.75) is 4.90 Å². The van der Waals surface area contributed by atoms with Crippen LogP contribution < -0.4 is 16.4 Å². The fourth-order valence-corrected chi connectivity index (χ4v) is 2.86. The Bertz CT molecular complexity index is 442. The van der Waals surface area contributed by atoms with Gasteiger partial charge < -0.3 is 5.43 Å². The minimum Gasteiger partial charge on any atom is -0.330 e. The molecule has 0 aliphatic carbocycles. The summed E-state index contributed by atoms with van der Waals surface area (Å²) in [6.45, 7) is 0. The van der Waals surface area contributed by atoms with Gasteiger partial charge in [-0.1, -0.05) is 18.2 Å². The van der Waals surface area contributed by atoms with Crippen LogP contribution in [0.25, 0.3) is 0 Å². The summed E-state index contributed by atoms with van der Waals surface area (Å²) in [6.07, 6.45) is 1.15. The van der Waals surface area contributed by atoms with Crippen molar-refractivity contribution >= 4 is 21.8 Å². The molecule has 0 amide bonds. The van der Waals surface area contributed by atoms with Gasteiger partial charge in [0.15, 0.2) is 0 Å². The summed E-state index contributed by atoms with van der Waals surface area (Å²) in [5.41, 5.74) is 2.15. The molecule has 7 heteroatoms. The zero-order chi connectivity index (χ0) is 11.3. The highest BCUT2D eigenvalue weighted by molar-refractivity contribution is 8.17. The quantitative estimate of drug-likeness (QED) is 0.402. The number of hydrazine groups is 1. The predicted molar refractivity (Wildman–Crippen MR) is 60.8 cm³/mol. The standard InChI is InChI=1S/C8H11N3O2S2/c9-11-6-8(14-10)15(12,13)7-4-2-1-3-5-7/h1-6,11H,9-10H2/b8-6+. The Hall–Kier alpha value is -1.02. The van der Waals surface area contributed by atoms with Gasteiger partial charge in [-0.3, -0.25) is 11.0 Å². The van der Waals surface area contributed by atoms with Gasteiger partial charge in [-0.05, 0) is 24.1 Å². The van der Waals surface area contributed by atoms with Crippen molar-refractivity contribution in [3.63, 3.8) is 0 Å². The zero-order valence-electron chi connectivity index (χ0n) is 7.75. The maximum absolute atomic E-state index is 11.9. The third kappa shape index (κ3) is 2.72. The van der Waals surface area contributed by atoms with Gasteiger partial charge >= 0.3 is 0 Å². The van der Waals surface area contributed by atoms with Gasteiger partial charge in [-0.2, -0.15) is 0 Å². The molecule has 0 heterocycles. The minimum atomic E-state index is -3.56. The Labute approximate surface area is 92.6 Å². The fraction of sp³-hybridized carbons (Fsp3) is 0. The van der Waals surface area contributed by atoms with Crippen LogP contribution in [0.3, 0.4) is 0 Å². The van der Waals surface area contributed by atoms with Gasteiger partial charge in [0.25, 0.3) is 0 Å². The third-order valence-electron chi connectivity index (χ3n) is 1.64. The SMILES string of the molecule is NN/C=C(\SN)S(=O)(=O)c1ccccc1. The molecular formula is C8H11N3O2S2. The summed E-state index contributed by atoms with van der Waals surface area (Å²) in [7, 11) is -3.56. The number of hydrogen-bond donors (Lipinski definition) is 3. The van der Waals surface area contributed by atoms with Crippen LogP contribution in [0.2, 0.25) is 0 Å². The van der Waals surface area contributed by atoms with Gasteiger partial charge in [0.05, 0.1) is 4.90 Å². The number of hydrogen-bond acceptors (Lipinski definition) is 6. The van der Waals surface area contributed by atoms with Crippen LogP contribution in [0.1, 0.15) is 0 Å². The Morgan fingerprint density at radius 1 is 1.33 bits per heavy atom. The molecule has 5 N–H and O–H groups in total. The molecule has 0 unspecified atom stereocenters. The Morgan fingerprint density at radius 2 is 1.93 bits per heavy atom. The molecular weight excluding hydrogens is 234 g/mol. The van der Waals surface area contributed by atoms with E-state index in [9.17, 15) is 8.42 Å². The summed E-state index contributed by atoms with van der Waals surface area (Å²) in [5.74, 6) is 5.02. The second kappa shape index (κ2) is 5.17. The Morgan fingerprint density at radius 3 is 2.40 bits per heavy atom. The Balaban J connectivity index is 3.19. The molecule has 0 atom stereocenters. The van der Waals surface area contributed by atoms with E-state index in [1.165, 1.54) is 12.1 Å². The normalized spacial score (nSPS) is 12.5. The van der Waals surface area contributed by atoms with E-state index in [4.69, 9.17) is 11.0 Å². The summed E-state index contributed by atoms with van der Waals surface area (Å²) in [5, 5.41) is 5.26. The van der Waals surface area contributed by atoms with Crippen LogP contribution >= 0.6 is 11.9 Å². The van der Waals surface area contributed by atoms with Crippen LogP contribution in [-0.2, 0) is 9.84 Å². The van der Waals surface area contributed by atoms with Crippen LogP contribution in [0.4, 0.5) is 0 Å². The molecule has 15 heavy (non-hydrogen) atoms. The monoisotopic (exact) mass is 245 g/mol. The minimum absolute atomic E-state index is 0.0313. The van der Waals surface area contributed by atoms with E-state index in [2.05, 4.69) is 5.43 Å². The molecule has 0 bridgehead atoms. The molecule has 1 aromatic rings. The first kappa shape index (κ1) is 12.1. The highest BCUT2D eigenvalue weighted by Crippen LogP contribution is 2.23. The van der Waals surface area contributed by atoms with E-state index in [0.717, 1.165) is 6.20 Å². The van der Waals surface area contributed by atoms with Crippen molar-refractivity contribution < 1.29 is 8.42 Å². The lowest BCUT2D eigenvalue weighted by molar-refractivity contribution is 0.603. The molecule has 0 spiro atoms. The lowest BCUT2D eigenvalue weighted by Gasteiger charge is -2.05. The second-order valence-electron chi connectivity index (χ2n) is 2.56. The van der Waals surface area contributed by atoms with Crippen molar-refractivity contribution in [3.8, 4) is 0 Å². The van der Waals surface area contributed by atoms with Crippen LogP contribution in [0.5, 0.6) is 0 Å². The number of sulfone groups is 1. The van der Waals surface area contributed by atoms with E-state index in [0.29, 0.717) is 11.9 Å². The first-order valence-corrected chi connectivity index (χ1v) is 6.32. The van der Waals surface area contributed by atoms with Gasteiger partial charge in [0, 0.05) is 6.20 Å². The number of rotatable bonds is 4. The van der Waals surface area contributed by atoms with Gasteiger partial charge in [0.2, 0.25) is 9.84 Å². The van der Waals surface area contributed by atoms with Gasteiger partial charge in [0.1, 0.15) is 4.24 Å². The number of nitrogens with two attached hydrogens (primary N) is 2. The molecule has 1 rings (SSSR count). The second-order valence-corrected chi connectivity index (χ2v) is 5.42. The largest absolute Gasteiger partial charge is 0.330 e. The van der Waals surface area contributed by atoms with Crippen molar-refractivity contribution in [2.75, 3.05) is 0 Å². The van der Waals surface area contributed by atoms with Crippen LogP contribution in [0, 0.1) is 0 Å². The molecule has 0 saturated heterocycles. The van der Waals surface area contributed by atoms with E-state index < -0.39 is 9.84 Å². The molecule has 0 aliphatic heterocycles. The highest BCUT2D eigenvalue weighted by Gasteiger charge is 2.19. The lowest BCUT2D eigenvalue weighted by atomic mass is 10.4. The van der Waals surface area contributed by atoms with Crippen molar-refractivity contribution in [2.24, 2.45) is 11.0 Å². The van der Waals surface area contributed by atoms with Gasteiger partial charge in [-0.15, -0.1) is 0 Å². The predicted octanol–water partition coefficient (Wildman–Crippen LogP) is 0.329. The maximum atomic E-state index is 11.9. The number of benzene rings is 1. The van der Waals surface area contributed by atoms with E-state index in [-0.39, 0.29) is 9.13 Å². The average molecular weight is 245 g/mol. The average Bonchev–Trinajstić information content (AvgIpc) is 2.27. The summed E-state index contributed by atoms with van der Waals surface area (Å²) in [6, 6.07) is 8.01. The maximum Gasteiger partial charge on any atom is 0.215 e. The molecule has 0 aromatic heterocycles. The first-order chi connectivity index (χ1) is 7.12. The van der Waals surface area contributed by atoms with E-state index in [1.54, 1.807) is 18.2 Å². The zero-order valence-corrected chi connectivity index (χ0v) is 9.38. The summed E-state index contributed by atoms with van der Waals surface area (Å²) >= 11 is 0.627. The fourth-order valence-electron chi connectivity index (χ4n) is 0.959. The van der Waals surface area contributed by atoms with Gasteiger partial charge in [-0.25, -0.2) is 8.42 Å². The molecule has 0 aliphatic rings. The molecule has 82 valence electrons. The topological polar surface area (TPSA) is 98.2 Å². The highest BCUT2D eigenvalue weighted by atomic mass is 32.3. The molecule has 1 aromatic carbocycles. The molecule has 5 nitrogen and oxygen atoms in total. The van der Waals surface area contributed by atoms with E-state index in [1.807, 2.05) is 0 Å². The van der Waals surface area contributed by atoms with Crippen molar-refractivity contribution in [3.05, 3.63) is 40.8 Å². The lowest BCUT2D eigenvalue weighted by Crippen LogP contribution is -2.16. The smallest absolute Gasteiger partial charge is 0.215 e. The third-order valence-corrected chi connectivity index (χ3v) is 4.47. The number of nitrogens with one attached hydrogen (secondary N) is 1. The molecule has 0 radical (unpaired) electrons. The van der Waals surface area contributed by atoms with Crippen LogP contribution in [0.15, 0.2) is 45.7 Å². The van der Waals surface area contributed by atoms with Crippen LogP contribution in [-0.4, -0.2) is 8.42 Å². The first-order valence-electron chi connectivity index (χ1n) is 3.96. The van der Waals surface area contributed by atoms with E-state index >= 15 is 0 Å². The Kier molecular flexibility index (Phi) is 4.15. The van der Waals surface area contributed by atoms with Crippen molar-refractivity contribution in [1.82, 2.24) is 5.43 Å². The van der Waals surface area contributed by atoms with Crippen molar-refractivity contribution in [1.29, 1.82) is 0 Å². The molecule has 0 fully saturated rings. The summed E-state index contributed by atoms with van der Waals surface area (Å²) in [4.78, 5) is 0.185. The molecule has 0 saturated carbocycles. The summed E-state index contributed by atoms with van der Waals surface area (Å²) < 4.78 is 23.7.